The van der Waals surface area contributed by atoms with E-state index in [2.05, 4.69) is 58.5 Å². The van der Waals surface area contributed by atoms with Crippen molar-refractivity contribution in [3.05, 3.63) is 65.9 Å². The van der Waals surface area contributed by atoms with Gasteiger partial charge >= 0.3 is 0 Å². The van der Waals surface area contributed by atoms with E-state index in [4.69, 9.17) is 5.73 Å². The van der Waals surface area contributed by atoms with Gasteiger partial charge in [0.25, 0.3) is 5.91 Å². The highest BCUT2D eigenvalue weighted by atomic mass is 16.1. The maximum Gasteiger partial charge on any atom is 0.251 e. The third-order valence-corrected chi connectivity index (χ3v) is 6.34. The molecule has 0 saturated carbocycles. The van der Waals surface area contributed by atoms with Crippen LogP contribution in [-0.4, -0.2) is 30.0 Å². The zero-order chi connectivity index (χ0) is 20.7. The van der Waals surface area contributed by atoms with Crippen molar-refractivity contribution in [2.45, 2.75) is 32.2 Å². The zero-order valence-corrected chi connectivity index (χ0v) is 17.2. The number of anilines is 2. The number of hydrogen-bond acceptors (Lipinski definition) is 4. The SMILES string of the molecule is CC1CCCN1c1ccc(-c2cnc(N)c(-c3ccc4c(c3)CCNC4=O)c2)cc1. The standard InChI is InChI=1S/C25H26N4O/c1-16-3-2-12-29(16)21-7-4-17(5-8-21)20-14-23(24(26)28-15-20)18-6-9-22-19(13-18)10-11-27-25(22)30/h4-9,13-16H,2-3,10-12H2,1H3,(H2,26,28)(H,27,30). The molecule has 3 aromatic rings. The molecule has 1 saturated heterocycles. The third-order valence-electron chi connectivity index (χ3n) is 6.34. The molecule has 2 aliphatic heterocycles. The van der Waals surface area contributed by atoms with Gasteiger partial charge in [0.15, 0.2) is 0 Å². The molecular formula is C25H26N4O. The van der Waals surface area contributed by atoms with Gasteiger partial charge in [0.05, 0.1) is 0 Å². The van der Waals surface area contributed by atoms with Crippen LogP contribution >= 0.6 is 0 Å². The van der Waals surface area contributed by atoms with Gasteiger partial charge in [-0.1, -0.05) is 24.3 Å². The molecule has 0 spiro atoms. The quantitative estimate of drug-likeness (QED) is 0.691. The highest BCUT2D eigenvalue weighted by Gasteiger charge is 2.21. The number of carbonyl (C=O) groups is 1. The Balaban J connectivity index is 1.47. The first-order chi connectivity index (χ1) is 14.6. The van der Waals surface area contributed by atoms with E-state index in [0.29, 0.717) is 18.4 Å². The van der Waals surface area contributed by atoms with Gasteiger partial charge in [-0.3, -0.25) is 4.79 Å². The van der Waals surface area contributed by atoms with Crippen molar-refractivity contribution in [3.63, 3.8) is 0 Å². The Morgan fingerprint density at radius 2 is 1.83 bits per heavy atom. The first-order valence-corrected chi connectivity index (χ1v) is 10.6. The topological polar surface area (TPSA) is 71.2 Å². The number of nitrogens with zero attached hydrogens (tertiary/aromatic N) is 2. The Morgan fingerprint density at radius 1 is 1.03 bits per heavy atom. The summed E-state index contributed by atoms with van der Waals surface area (Å²) in [6, 6.07) is 17.3. The van der Waals surface area contributed by atoms with E-state index in [1.807, 2.05) is 18.3 Å². The second-order valence-electron chi connectivity index (χ2n) is 8.27. The summed E-state index contributed by atoms with van der Waals surface area (Å²) < 4.78 is 0. The second kappa shape index (κ2) is 7.48. The van der Waals surface area contributed by atoms with Crippen LogP contribution in [0.3, 0.4) is 0 Å². The van der Waals surface area contributed by atoms with Crippen LogP contribution in [-0.2, 0) is 6.42 Å². The molecule has 1 unspecified atom stereocenters. The maximum absolute atomic E-state index is 12.0. The van der Waals surface area contributed by atoms with Crippen molar-refractivity contribution in [2.75, 3.05) is 23.7 Å². The fourth-order valence-corrected chi connectivity index (χ4v) is 4.62. The highest BCUT2D eigenvalue weighted by molar-refractivity contribution is 5.97. The molecule has 5 rings (SSSR count). The smallest absolute Gasteiger partial charge is 0.251 e. The van der Waals surface area contributed by atoms with Crippen LogP contribution in [0.1, 0.15) is 35.7 Å². The molecule has 30 heavy (non-hydrogen) atoms. The molecule has 2 aromatic carbocycles. The minimum absolute atomic E-state index is 0.00458. The molecule has 0 bridgehead atoms. The number of nitrogen functional groups attached to an aromatic ring is 1. The fourth-order valence-electron chi connectivity index (χ4n) is 4.62. The summed E-state index contributed by atoms with van der Waals surface area (Å²) in [5, 5.41) is 2.89. The third kappa shape index (κ3) is 3.30. The Morgan fingerprint density at radius 3 is 2.60 bits per heavy atom. The van der Waals surface area contributed by atoms with Gasteiger partial charge < -0.3 is 16.0 Å². The largest absolute Gasteiger partial charge is 0.383 e. The van der Waals surface area contributed by atoms with Crippen LogP contribution < -0.4 is 16.0 Å². The van der Waals surface area contributed by atoms with E-state index >= 15 is 0 Å². The molecule has 1 fully saturated rings. The molecule has 5 heteroatoms. The van der Waals surface area contributed by atoms with Crippen molar-refractivity contribution >= 4 is 17.4 Å². The van der Waals surface area contributed by atoms with Crippen molar-refractivity contribution < 1.29 is 4.79 Å². The highest BCUT2D eigenvalue weighted by Crippen LogP contribution is 2.33. The molecular weight excluding hydrogens is 372 g/mol. The predicted molar refractivity (Wildman–Crippen MR) is 122 cm³/mol. The Kier molecular flexibility index (Phi) is 4.66. The first kappa shape index (κ1) is 18.7. The number of fused-ring (bicyclic) bond motifs is 1. The number of rotatable bonds is 3. The summed E-state index contributed by atoms with van der Waals surface area (Å²) >= 11 is 0. The summed E-state index contributed by atoms with van der Waals surface area (Å²) in [5.74, 6) is 0.497. The minimum Gasteiger partial charge on any atom is -0.383 e. The molecule has 1 aromatic heterocycles. The lowest BCUT2D eigenvalue weighted by atomic mass is 9.94. The molecule has 3 N–H and O–H groups in total. The van der Waals surface area contributed by atoms with Gasteiger partial charge in [-0.25, -0.2) is 4.98 Å². The van der Waals surface area contributed by atoms with Gasteiger partial charge in [-0.15, -0.1) is 0 Å². The molecule has 5 nitrogen and oxygen atoms in total. The number of pyridine rings is 1. The number of benzene rings is 2. The van der Waals surface area contributed by atoms with Gasteiger partial charge in [0.1, 0.15) is 5.82 Å². The minimum atomic E-state index is -0.00458. The number of aromatic nitrogens is 1. The molecule has 152 valence electrons. The zero-order valence-electron chi connectivity index (χ0n) is 17.2. The van der Waals surface area contributed by atoms with Gasteiger partial charge in [-0.2, -0.15) is 0 Å². The van der Waals surface area contributed by atoms with Crippen molar-refractivity contribution in [3.8, 4) is 22.3 Å². The Bertz CT molecular complexity index is 1110. The van der Waals surface area contributed by atoms with Crippen molar-refractivity contribution in [1.29, 1.82) is 0 Å². The number of nitrogens with one attached hydrogen (secondary N) is 1. The van der Waals surface area contributed by atoms with Crippen LogP contribution in [0.5, 0.6) is 0 Å². The average Bonchev–Trinajstić information content (AvgIpc) is 3.20. The first-order valence-electron chi connectivity index (χ1n) is 10.6. The normalized spacial score (nSPS) is 18.2. The van der Waals surface area contributed by atoms with Crippen LogP contribution in [0, 0.1) is 0 Å². The summed E-state index contributed by atoms with van der Waals surface area (Å²) in [6.07, 6.45) is 5.18. The van der Waals surface area contributed by atoms with E-state index in [-0.39, 0.29) is 5.91 Å². The van der Waals surface area contributed by atoms with Crippen LogP contribution in [0.4, 0.5) is 11.5 Å². The molecule has 2 aliphatic rings. The van der Waals surface area contributed by atoms with E-state index < -0.39 is 0 Å². The summed E-state index contributed by atoms with van der Waals surface area (Å²) in [5.41, 5.74) is 13.4. The second-order valence-corrected chi connectivity index (χ2v) is 8.27. The lowest BCUT2D eigenvalue weighted by Gasteiger charge is -2.24. The Labute approximate surface area is 176 Å². The lowest BCUT2D eigenvalue weighted by molar-refractivity contribution is 0.0946. The molecule has 0 aliphatic carbocycles. The van der Waals surface area contributed by atoms with Crippen molar-refractivity contribution in [1.82, 2.24) is 10.3 Å². The molecule has 1 amide bonds. The summed E-state index contributed by atoms with van der Waals surface area (Å²) in [6.45, 7) is 4.09. The van der Waals surface area contributed by atoms with E-state index in [1.54, 1.807) is 0 Å². The van der Waals surface area contributed by atoms with Gasteiger partial charge in [-0.05, 0) is 67.1 Å². The molecule has 1 atom stereocenters. The number of hydrogen-bond donors (Lipinski definition) is 2. The van der Waals surface area contributed by atoms with E-state index in [0.717, 1.165) is 46.3 Å². The van der Waals surface area contributed by atoms with E-state index in [9.17, 15) is 4.79 Å². The monoisotopic (exact) mass is 398 g/mol. The average molecular weight is 399 g/mol. The van der Waals surface area contributed by atoms with Gasteiger partial charge in [0.2, 0.25) is 0 Å². The van der Waals surface area contributed by atoms with Crippen LogP contribution in [0.2, 0.25) is 0 Å². The maximum atomic E-state index is 12.0. The lowest BCUT2D eigenvalue weighted by Crippen LogP contribution is -2.31. The van der Waals surface area contributed by atoms with Crippen molar-refractivity contribution in [2.24, 2.45) is 0 Å². The summed E-state index contributed by atoms with van der Waals surface area (Å²) in [7, 11) is 0. The fraction of sp³-hybridized carbons (Fsp3) is 0.280. The van der Waals surface area contributed by atoms with E-state index in [1.165, 1.54) is 18.5 Å². The Hall–Kier alpha value is -3.34. The predicted octanol–water partition coefficient (Wildman–Crippen LogP) is 4.27. The van der Waals surface area contributed by atoms with Crippen LogP contribution in [0.15, 0.2) is 54.7 Å². The number of amides is 1. The summed E-state index contributed by atoms with van der Waals surface area (Å²) in [4.78, 5) is 19.0. The van der Waals surface area contributed by atoms with Crippen LogP contribution in [0.25, 0.3) is 22.3 Å². The molecule has 0 radical (unpaired) electrons. The van der Waals surface area contributed by atoms with Gasteiger partial charge in [0, 0.05) is 47.7 Å². The molecule has 3 heterocycles. The number of nitrogens with two attached hydrogens (primary N) is 1. The number of carbonyl (C=O) groups excluding carboxylic acids is 1.